The molecule has 0 saturated carbocycles. The maximum absolute atomic E-state index is 11.6. The van der Waals surface area contributed by atoms with Crippen molar-refractivity contribution in [1.82, 2.24) is 4.57 Å². The number of hydrogen-bond donors (Lipinski definition) is 1. The minimum Gasteiger partial charge on any atom is -0.479 e. The average Bonchev–Trinajstić information content (AvgIpc) is 2.72. The van der Waals surface area contributed by atoms with Crippen molar-refractivity contribution in [1.29, 1.82) is 0 Å². The van der Waals surface area contributed by atoms with Crippen molar-refractivity contribution in [3.05, 3.63) is 36.0 Å². The van der Waals surface area contributed by atoms with Gasteiger partial charge >= 0.3 is 5.97 Å². The van der Waals surface area contributed by atoms with Crippen LogP contribution in [0.25, 0.3) is 10.9 Å². The van der Waals surface area contributed by atoms with E-state index in [1.54, 1.807) is 6.92 Å². The topological polar surface area (TPSA) is 42.2 Å². The maximum Gasteiger partial charge on any atom is 0.329 e. The van der Waals surface area contributed by atoms with Crippen LogP contribution in [0.3, 0.4) is 0 Å². The maximum atomic E-state index is 11.6. The fourth-order valence-corrected chi connectivity index (χ4v) is 2.49. The van der Waals surface area contributed by atoms with Crippen molar-refractivity contribution in [3.8, 4) is 0 Å². The van der Waals surface area contributed by atoms with Gasteiger partial charge in [0.1, 0.15) is 5.54 Å². The standard InChI is InChI=1S/C15H19NO2/c1-4-8-15(3,14(17)18)16-9-7-12-6-5-11(2)10-13(12)16/h5-7,9-10H,4,8H2,1-3H3,(H,17,18). The number of aryl methyl sites for hydroxylation is 1. The highest BCUT2D eigenvalue weighted by atomic mass is 16.4. The number of benzene rings is 1. The van der Waals surface area contributed by atoms with Gasteiger partial charge in [0.2, 0.25) is 0 Å². The summed E-state index contributed by atoms with van der Waals surface area (Å²) in [7, 11) is 0. The van der Waals surface area contributed by atoms with E-state index in [9.17, 15) is 9.90 Å². The van der Waals surface area contributed by atoms with E-state index in [4.69, 9.17) is 0 Å². The summed E-state index contributed by atoms with van der Waals surface area (Å²) in [5.74, 6) is -0.775. The number of carbonyl (C=O) groups is 1. The Labute approximate surface area is 107 Å². The summed E-state index contributed by atoms with van der Waals surface area (Å²) in [5.41, 5.74) is 1.27. The van der Waals surface area contributed by atoms with Crippen molar-refractivity contribution >= 4 is 16.9 Å². The lowest BCUT2D eigenvalue weighted by Crippen LogP contribution is -2.38. The van der Waals surface area contributed by atoms with Gasteiger partial charge in [-0.15, -0.1) is 0 Å². The quantitative estimate of drug-likeness (QED) is 0.895. The molecular formula is C15H19NO2. The van der Waals surface area contributed by atoms with Crippen LogP contribution >= 0.6 is 0 Å². The summed E-state index contributed by atoms with van der Waals surface area (Å²) in [4.78, 5) is 11.6. The highest BCUT2D eigenvalue weighted by Gasteiger charge is 2.34. The van der Waals surface area contributed by atoms with E-state index in [1.807, 2.05) is 48.9 Å². The van der Waals surface area contributed by atoms with E-state index in [0.29, 0.717) is 6.42 Å². The van der Waals surface area contributed by atoms with Crippen LogP contribution in [0.5, 0.6) is 0 Å². The largest absolute Gasteiger partial charge is 0.479 e. The van der Waals surface area contributed by atoms with Gasteiger partial charge in [0.25, 0.3) is 0 Å². The molecule has 0 amide bonds. The number of rotatable bonds is 4. The molecule has 0 radical (unpaired) electrons. The first-order valence-corrected chi connectivity index (χ1v) is 6.30. The van der Waals surface area contributed by atoms with Gasteiger partial charge in [-0.3, -0.25) is 0 Å². The minimum absolute atomic E-state index is 0.625. The molecule has 0 fully saturated rings. The van der Waals surface area contributed by atoms with Gasteiger partial charge in [0, 0.05) is 11.7 Å². The van der Waals surface area contributed by atoms with E-state index in [2.05, 4.69) is 0 Å². The molecule has 1 heterocycles. The van der Waals surface area contributed by atoms with E-state index < -0.39 is 11.5 Å². The van der Waals surface area contributed by atoms with Crippen LogP contribution < -0.4 is 0 Å². The molecule has 18 heavy (non-hydrogen) atoms. The third-order valence-electron chi connectivity index (χ3n) is 3.58. The van der Waals surface area contributed by atoms with Crippen molar-refractivity contribution in [2.75, 3.05) is 0 Å². The number of hydrogen-bond acceptors (Lipinski definition) is 1. The zero-order valence-corrected chi connectivity index (χ0v) is 11.1. The van der Waals surface area contributed by atoms with Gasteiger partial charge in [-0.05, 0) is 43.4 Å². The van der Waals surface area contributed by atoms with Crippen LogP contribution in [-0.4, -0.2) is 15.6 Å². The Morgan fingerprint density at radius 3 is 2.72 bits per heavy atom. The molecule has 0 aliphatic rings. The molecule has 0 saturated heterocycles. The number of nitrogens with zero attached hydrogens (tertiary/aromatic N) is 1. The zero-order valence-electron chi connectivity index (χ0n) is 11.1. The van der Waals surface area contributed by atoms with Gasteiger partial charge in [0.05, 0.1) is 0 Å². The predicted octanol–water partition coefficient (Wildman–Crippen LogP) is 3.55. The molecular weight excluding hydrogens is 226 g/mol. The highest BCUT2D eigenvalue weighted by molar-refractivity contribution is 5.85. The monoisotopic (exact) mass is 245 g/mol. The Morgan fingerprint density at radius 2 is 2.11 bits per heavy atom. The first-order valence-electron chi connectivity index (χ1n) is 6.30. The summed E-state index contributed by atoms with van der Waals surface area (Å²) in [6, 6.07) is 8.11. The lowest BCUT2D eigenvalue weighted by molar-refractivity contribution is -0.146. The van der Waals surface area contributed by atoms with Crippen LogP contribution in [0.4, 0.5) is 0 Å². The van der Waals surface area contributed by atoms with Crippen molar-refractivity contribution < 1.29 is 9.90 Å². The minimum atomic E-state index is -0.871. The van der Waals surface area contributed by atoms with Crippen LogP contribution in [0.2, 0.25) is 0 Å². The van der Waals surface area contributed by atoms with Crippen molar-refractivity contribution in [2.24, 2.45) is 0 Å². The summed E-state index contributed by atoms with van der Waals surface area (Å²) >= 11 is 0. The Morgan fingerprint density at radius 1 is 1.39 bits per heavy atom. The van der Waals surface area contributed by atoms with Gasteiger partial charge in [-0.2, -0.15) is 0 Å². The molecule has 1 aromatic carbocycles. The molecule has 0 aliphatic heterocycles. The fraction of sp³-hybridized carbons (Fsp3) is 0.400. The molecule has 0 bridgehead atoms. The zero-order chi connectivity index (χ0) is 13.3. The summed E-state index contributed by atoms with van der Waals surface area (Å²) < 4.78 is 1.89. The molecule has 1 N–H and O–H groups in total. The van der Waals surface area contributed by atoms with Crippen molar-refractivity contribution in [2.45, 2.75) is 39.2 Å². The van der Waals surface area contributed by atoms with E-state index >= 15 is 0 Å². The summed E-state index contributed by atoms with van der Waals surface area (Å²) in [5, 5.41) is 10.6. The second-order valence-electron chi connectivity index (χ2n) is 5.08. The third kappa shape index (κ3) is 1.90. The second kappa shape index (κ2) is 4.48. The summed E-state index contributed by atoms with van der Waals surface area (Å²) in [6.45, 7) is 5.83. The van der Waals surface area contributed by atoms with Gasteiger partial charge in [-0.25, -0.2) is 4.79 Å². The second-order valence-corrected chi connectivity index (χ2v) is 5.08. The molecule has 2 aromatic rings. The van der Waals surface area contributed by atoms with Crippen LogP contribution in [-0.2, 0) is 10.3 Å². The normalized spacial score (nSPS) is 14.6. The summed E-state index contributed by atoms with van der Waals surface area (Å²) in [6.07, 6.45) is 3.35. The first kappa shape index (κ1) is 12.7. The lowest BCUT2D eigenvalue weighted by atomic mass is 9.95. The lowest BCUT2D eigenvalue weighted by Gasteiger charge is -2.27. The molecule has 96 valence electrons. The Bertz CT molecular complexity index is 585. The molecule has 1 aromatic heterocycles. The highest BCUT2D eigenvalue weighted by Crippen LogP contribution is 2.29. The number of carboxylic acid groups (broad SMARTS) is 1. The predicted molar refractivity (Wildman–Crippen MR) is 72.9 cm³/mol. The third-order valence-corrected chi connectivity index (χ3v) is 3.58. The number of carboxylic acids is 1. The molecule has 3 heteroatoms. The molecule has 0 spiro atoms. The molecule has 0 aliphatic carbocycles. The van der Waals surface area contributed by atoms with Gasteiger partial charge < -0.3 is 9.67 Å². The SMILES string of the molecule is CCCC(C)(C(=O)O)n1ccc2ccc(C)cc21. The number of fused-ring (bicyclic) bond motifs is 1. The van der Waals surface area contributed by atoms with Gasteiger partial charge in [0.15, 0.2) is 0 Å². The van der Waals surface area contributed by atoms with Crippen LogP contribution in [0.1, 0.15) is 32.3 Å². The molecule has 1 atom stereocenters. The van der Waals surface area contributed by atoms with Crippen molar-refractivity contribution in [3.63, 3.8) is 0 Å². The molecule has 1 unspecified atom stereocenters. The van der Waals surface area contributed by atoms with Crippen LogP contribution in [0, 0.1) is 6.92 Å². The smallest absolute Gasteiger partial charge is 0.329 e. The van der Waals surface area contributed by atoms with Crippen LogP contribution in [0.15, 0.2) is 30.5 Å². The fourth-order valence-electron chi connectivity index (χ4n) is 2.49. The Balaban J connectivity index is 2.64. The Kier molecular flexibility index (Phi) is 3.16. The number of aromatic nitrogens is 1. The molecule has 2 rings (SSSR count). The van der Waals surface area contributed by atoms with E-state index in [1.165, 1.54) is 0 Å². The molecule has 3 nitrogen and oxygen atoms in total. The Hall–Kier alpha value is -1.77. The average molecular weight is 245 g/mol. The number of aliphatic carboxylic acids is 1. The van der Waals surface area contributed by atoms with E-state index in [0.717, 1.165) is 22.9 Å². The first-order chi connectivity index (χ1) is 8.49. The van der Waals surface area contributed by atoms with E-state index in [-0.39, 0.29) is 0 Å². The van der Waals surface area contributed by atoms with Gasteiger partial charge in [-0.1, -0.05) is 25.5 Å².